The van der Waals surface area contributed by atoms with Gasteiger partial charge in [0.2, 0.25) is 0 Å². The van der Waals surface area contributed by atoms with Crippen LogP contribution in [0.3, 0.4) is 0 Å². The molecule has 17 heavy (non-hydrogen) atoms. The Morgan fingerprint density at radius 2 is 1.71 bits per heavy atom. The van der Waals surface area contributed by atoms with Crippen LogP contribution in [-0.2, 0) is 0 Å². The minimum absolute atomic E-state index is 0.497. The fraction of sp³-hybridized carbons (Fsp3) is 0.600. The first kappa shape index (κ1) is 12.3. The standard InChI is InChI=1S/C15H24N2/c1-12(2)16-14-4-6-15(7-5-14)17-10-8-13(3)9-11-17/h4-7,12-13,16H,8-11H2,1-3H3. The van der Waals surface area contributed by atoms with E-state index in [9.17, 15) is 0 Å². The van der Waals surface area contributed by atoms with Crippen molar-refractivity contribution in [3.05, 3.63) is 24.3 Å². The zero-order valence-corrected chi connectivity index (χ0v) is 11.2. The van der Waals surface area contributed by atoms with Crippen LogP contribution in [0.25, 0.3) is 0 Å². The largest absolute Gasteiger partial charge is 0.383 e. The van der Waals surface area contributed by atoms with Gasteiger partial charge in [-0.05, 0) is 56.9 Å². The van der Waals surface area contributed by atoms with Crippen LogP contribution in [0.15, 0.2) is 24.3 Å². The SMILES string of the molecule is CC1CCN(c2ccc(NC(C)C)cc2)CC1. The highest BCUT2D eigenvalue weighted by molar-refractivity contribution is 5.55. The summed E-state index contributed by atoms with van der Waals surface area (Å²) < 4.78 is 0. The molecule has 2 nitrogen and oxygen atoms in total. The molecule has 1 aliphatic heterocycles. The van der Waals surface area contributed by atoms with Crippen LogP contribution >= 0.6 is 0 Å². The lowest BCUT2D eigenvalue weighted by molar-refractivity contribution is 0.438. The van der Waals surface area contributed by atoms with Gasteiger partial charge in [0.25, 0.3) is 0 Å². The first-order chi connectivity index (χ1) is 8.15. The minimum Gasteiger partial charge on any atom is -0.383 e. The van der Waals surface area contributed by atoms with E-state index in [1.807, 2.05) is 0 Å². The lowest BCUT2D eigenvalue weighted by atomic mass is 9.99. The molecule has 0 aromatic heterocycles. The molecule has 0 aliphatic carbocycles. The number of anilines is 2. The van der Waals surface area contributed by atoms with Crippen molar-refractivity contribution in [1.29, 1.82) is 0 Å². The molecule has 1 heterocycles. The molecule has 0 unspecified atom stereocenters. The molecule has 2 heteroatoms. The summed E-state index contributed by atoms with van der Waals surface area (Å²) in [6.45, 7) is 9.10. The van der Waals surface area contributed by atoms with Crippen LogP contribution < -0.4 is 10.2 Å². The van der Waals surface area contributed by atoms with E-state index in [0.29, 0.717) is 6.04 Å². The third kappa shape index (κ3) is 3.39. The second kappa shape index (κ2) is 5.44. The summed E-state index contributed by atoms with van der Waals surface area (Å²) >= 11 is 0. The smallest absolute Gasteiger partial charge is 0.0367 e. The topological polar surface area (TPSA) is 15.3 Å². The van der Waals surface area contributed by atoms with Crippen molar-refractivity contribution in [3.63, 3.8) is 0 Å². The van der Waals surface area contributed by atoms with E-state index in [1.54, 1.807) is 0 Å². The van der Waals surface area contributed by atoms with Gasteiger partial charge in [0.1, 0.15) is 0 Å². The molecule has 1 aromatic rings. The summed E-state index contributed by atoms with van der Waals surface area (Å²) in [4.78, 5) is 2.50. The maximum Gasteiger partial charge on any atom is 0.0367 e. The average molecular weight is 232 g/mol. The number of piperidine rings is 1. The van der Waals surface area contributed by atoms with Gasteiger partial charge in [0, 0.05) is 30.5 Å². The van der Waals surface area contributed by atoms with Gasteiger partial charge in [-0.25, -0.2) is 0 Å². The van der Waals surface area contributed by atoms with Crippen molar-refractivity contribution >= 4 is 11.4 Å². The molecule has 2 rings (SSSR count). The summed E-state index contributed by atoms with van der Waals surface area (Å²) in [6.07, 6.45) is 2.65. The summed E-state index contributed by atoms with van der Waals surface area (Å²) in [5, 5.41) is 3.42. The Hall–Kier alpha value is -1.18. The molecule has 0 bridgehead atoms. The van der Waals surface area contributed by atoms with E-state index in [1.165, 1.54) is 37.3 Å². The molecule has 1 aliphatic rings. The van der Waals surface area contributed by atoms with E-state index in [-0.39, 0.29) is 0 Å². The van der Waals surface area contributed by atoms with Gasteiger partial charge in [0.05, 0.1) is 0 Å². The highest BCUT2D eigenvalue weighted by Crippen LogP contribution is 2.24. The van der Waals surface area contributed by atoms with Gasteiger partial charge >= 0.3 is 0 Å². The Labute approximate surface area is 105 Å². The van der Waals surface area contributed by atoms with Crippen molar-refractivity contribution < 1.29 is 0 Å². The first-order valence-corrected chi connectivity index (χ1v) is 6.76. The lowest BCUT2D eigenvalue weighted by Gasteiger charge is -2.32. The highest BCUT2D eigenvalue weighted by atomic mass is 15.1. The van der Waals surface area contributed by atoms with Crippen LogP contribution in [-0.4, -0.2) is 19.1 Å². The van der Waals surface area contributed by atoms with Gasteiger partial charge in [-0.15, -0.1) is 0 Å². The van der Waals surface area contributed by atoms with E-state index in [4.69, 9.17) is 0 Å². The quantitative estimate of drug-likeness (QED) is 0.854. The minimum atomic E-state index is 0.497. The maximum atomic E-state index is 3.42. The Morgan fingerprint density at radius 1 is 1.12 bits per heavy atom. The number of nitrogens with one attached hydrogen (secondary N) is 1. The van der Waals surface area contributed by atoms with Crippen molar-refractivity contribution in [3.8, 4) is 0 Å². The van der Waals surface area contributed by atoms with Gasteiger partial charge in [-0.3, -0.25) is 0 Å². The number of benzene rings is 1. The Bertz CT molecular complexity index is 334. The summed E-state index contributed by atoms with van der Waals surface area (Å²) in [6, 6.07) is 9.35. The molecule has 1 saturated heterocycles. The van der Waals surface area contributed by atoms with Crippen molar-refractivity contribution in [2.45, 2.75) is 39.7 Å². The zero-order valence-electron chi connectivity index (χ0n) is 11.2. The lowest BCUT2D eigenvalue weighted by Crippen LogP contribution is -2.32. The van der Waals surface area contributed by atoms with E-state index < -0.39 is 0 Å². The summed E-state index contributed by atoms with van der Waals surface area (Å²) in [7, 11) is 0. The first-order valence-electron chi connectivity index (χ1n) is 6.76. The van der Waals surface area contributed by atoms with E-state index in [0.717, 1.165) is 5.92 Å². The molecule has 0 saturated carbocycles. The van der Waals surface area contributed by atoms with Crippen LogP contribution in [0.2, 0.25) is 0 Å². The number of rotatable bonds is 3. The molecule has 0 radical (unpaired) electrons. The van der Waals surface area contributed by atoms with Crippen LogP contribution in [0.1, 0.15) is 33.6 Å². The third-order valence-electron chi connectivity index (χ3n) is 3.47. The highest BCUT2D eigenvalue weighted by Gasteiger charge is 2.15. The average Bonchev–Trinajstić information content (AvgIpc) is 2.30. The molecule has 0 atom stereocenters. The predicted molar refractivity (Wildman–Crippen MR) is 75.8 cm³/mol. The zero-order chi connectivity index (χ0) is 12.3. The van der Waals surface area contributed by atoms with Crippen molar-refractivity contribution in [2.75, 3.05) is 23.3 Å². The van der Waals surface area contributed by atoms with Gasteiger partial charge in [-0.1, -0.05) is 6.92 Å². The molecule has 0 spiro atoms. The van der Waals surface area contributed by atoms with Crippen LogP contribution in [0.4, 0.5) is 11.4 Å². The molecular weight excluding hydrogens is 208 g/mol. The Balaban J connectivity index is 1.97. The maximum absolute atomic E-state index is 3.42. The molecule has 1 N–H and O–H groups in total. The molecule has 0 amide bonds. The predicted octanol–water partition coefficient (Wildman–Crippen LogP) is 3.74. The Morgan fingerprint density at radius 3 is 2.24 bits per heavy atom. The molecular formula is C15H24N2. The summed E-state index contributed by atoms with van der Waals surface area (Å²) in [5.74, 6) is 0.896. The second-order valence-electron chi connectivity index (χ2n) is 5.52. The number of hydrogen-bond acceptors (Lipinski definition) is 2. The summed E-state index contributed by atoms with van der Waals surface area (Å²) in [5.41, 5.74) is 2.58. The van der Waals surface area contributed by atoms with Gasteiger partial charge in [0.15, 0.2) is 0 Å². The van der Waals surface area contributed by atoms with Crippen molar-refractivity contribution in [2.24, 2.45) is 5.92 Å². The number of nitrogens with zero attached hydrogens (tertiary/aromatic N) is 1. The van der Waals surface area contributed by atoms with Crippen molar-refractivity contribution in [1.82, 2.24) is 0 Å². The normalized spacial score (nSPS) is 17.5. The monoisotopic (exact) mass is 232 g/mol. The van der Waals surface area contributed by atoms with E-state index >= 15 is 0 Å². The van der Waals surface area contributed by atoms with Gasteiger partial charge in [-0.2, -0.15) is 0 Å². The third-order valence-corrected chi connectivity index (χ3v) is 3.47. The second-order valence-corrected chi connectivity index (χ2v) is 5.52. The fourth-order valence-corrected chi connectivity index (χ4v) is 2.37. The van der Waals surface area contributed by atoms with Gasteiger partial charge < -0.3 is 10.2 Å². The molecule has 1 fully saturated rings. The van der Waals surface area contributed by atoms with E-state index in [2.05, 4.69) is 55.3 Å². The molecule has 94 valence electrons. The number of hydrogen-bond donors (Lipinski definition) is 1. The van der Waals surface area contributed by atoms with Crippen LogP contribution in [0, 0.1) is 5.92 Å². The fourth-order valence-electron chi connectivity index (χ4n) is 2.37. The van der Waals surface area contributed by atoms with Crippen LogP contribution in [0.5, 0.6) is 0 Å². The Kier molecular flexibility index (Phi) is 3.93. The molecule has 1 aromatic carbocycles.